The van der Waals surface area contributed by atoms with Crippen molar-refractivity contribution in [2.75, 3.05) is 26.2 Å². The number of hydrogen-bond acceptors (Lipinski definition) is 5. The van der Waals surface area contributed by atoms with Crippen LogP contribution < -0.4 is 0 Å². The van der Waals surface area contributed by atoms with Gasteiger partial charge in [-0.3, -0.25) is 9.59 Å². The molecule has 2 aromatic rings. The van der Waals surface area contributed by atoms with Gasteiger partial charge in [0.05, 0.1) is 6.20 Å². The van der Waals surface area contributed by atoms with Crippen LogP contribution in [0.5, 0.6) is 0 Å². The highest BCUT2D eigenvalue weighted by atomic mass is 32.1. The smallest absolute Gasteiger partial charge is 0.276 e. The van der Waals surface area contributed by atoms with E-state index in [1.165, 1.54) is 11.1 Å². The normalized spacial score (nSPS) is 15.3. The Labute approximate surface area is 144 Å². The van der Waals surface area contributed by atoms with Crippen LogP contribution in [0, 0.1) is 0 Å². The summed E-state index contributed by atoms with van der Waals surface area (Å²) in [6.07, 6.45) is 4.61. The van der Waals surface area contributed by atoms with E-state index in [-0.39, 0.29) is 11.8 Å². The first-order chi connectivity index (χ1) is 11.7. The Balaban J connectivity index is 1.46. The monoisotopic (exact) mass is 347 g/mol. The van der Waals surface area contributed by atoms with Crippen LogP contribution >= 0.6 is 11.3 Å². The maximum Gasteiger partial charge on any atom is 0.276 e. The van der Waals surface area contributed by atoms with Crippen LogP contribution in [0.1, 0.15) is 34.6 Å². The van der Waals surface area contributed by atoms with E-state index in [4.69, 9.17) is 0 Å². The third kappa shape index (κ3) is 4.19. The number of aromatic nitrogens is 3. The first-order valence-corrected chi connectivity index (χ1v) is 9.07. The second-order valence-corrected chi connectivity index (χ2v) is 6.85. The number of H-pyrrole nitrogens is 1. The van der Waals surface area contributed by atoms with E-state index < -0.39 is 0 Å². The van der Waals surface area contributed by atoms with Gasteiger partial charge in [-0.15, -0.1) is 11.3 Å². The van der Waals surface area contributed by atoms with Gasteiger partial charge < -0.3 is 9.80 Å². The van der Waals surface area contributed by atoms with E-state index in [0.717, 1.165) is 19.3 Å². The second-order valence-electron chi connectivity index (χ2n) is 5.81. The Kier molecular flexibility index (Phi) is 5.58. The summed E-state index contributed by atoms with van der Waals surface area (Å²) < 4.78 is 0. The molecule has 0 unspecified atom stereocenters. The Hall–Kier alpha value is -2.22. The lowest BCUT2D eigenvalue weighted by atomic mass is 10.2. The standard InChI is InChI=1S/C16H21N5O2S/c22-15(6-1-4-13-5-2-11-24-13)20-7-3-8-21(10-9-20)16(23)14-12-17-19-18-14/h2,5,11-12H,1,3-4,6-10H2,(H,17,18,19). The first-order valence-electron chi connectivity index (χ1n) is 8.19. The summed E-state index contributed by atoms with van der Waals surface area (Å²) in [5, 5.41) is 12.0. The molecule has 7 nitrogen and oxygen atoms in total. The number of hydrogen-bond donors (Lipinski definition) is 1. The van der Waals surface area contributed by atoms with Crippen molar-refractivity contribution in [2.45, 2.75) is 25.7 Å². The zero-order valence-electron chi connectivity index (χ0n) is 13.5. The van der Waals surface area contributed by atoms with Crippen molar-refractivity contribution in [3.63, 3.8) is 0 Å². The lowest BCUT2D eigenvalue weighted by Gasteiger charge is -2.21. The molecule has 2 amide bonds. The van der Waals surface area contributed by atoms with Crippen molar-refractivity contribution in [2.24, 2.45) is 0 Å². The van der Waals surface area contributed by atoms with E-state index in [9.17, 15) is 9.59 Å². The molecular formula is C16H21N5O2S. The summed E-state index contributed by atoms with van der Waals surface area (Å²) in [4.78, 5) is 29.6. The number of thiophene rings is 1. The Morgan fingerprint density at radius 1 is 1.21 bits per heavy atom. The van der Waals surface area contributed by atoms with Crippen LogP contribution in [0.25, 0.3) is 0 Å². The SMILES string of the molecule is O=C(CCCc1cccs1)N1CCCN(C(=O)c2cn[nH]n2)CC1. The maximum atomic E-state index is 12.4. The lowest BCUT2D eigenvalue weighted by Crippen LogP contribution is -2.37. The van der Waals surface area contributed by atoms with Crippen molar-refractivity contribution in [3.05, 3.63) is 34.3 Å². The van der Waals surface area contributed by atoms with Gasteiger partial charge in [0.2, 0.25) is 5.91 Å². The van der Waals surface area contributed by atoms with Crippen LogP contribution in [0.15, 0.2) is 23.7 Å². The van der Waals surface area contributed by atoms with Gasteiger partial charge in [0.15, 0.2) is 5.69 Å². The van der Waals surface area contributed by atoms with Crippen molar-refractivity contribution in [1.82, 2.24) is 25.2 Å². The largest absolute Gasteiger partial charge is 0.341 e. The zero-order chi connectivity index (χ0) is 16.8. The fourth-order valence-corrected chi connectivity index (χ4v) is 3.61. The number of aryl methyl sites for hydroxylation is 1. The highest BCUT2D eigenvalue weighted by molar-refractivity contribution is 7.09. The first kappa shape index (κ1) is 16.6. The predicted octanol–water partition coefficient (Wildman–Crippen LogP) is 1.56. The number of nitrogens with one attached hydrogen (secondary N) is 1. The number of rotatable bonds is 5. The highest BCUT2D eigenvalue weighted by Crippen LogP contribution is 2.13. The molecule has 1 aliphatic heterocycles. The number of nitrogens with zero attached hydrogens (tertiary/aromatic N) is 4. The number of amides is 2. The Bertz CT molecular complexity index is 656. The van der Waals surface area contributed by atoms with Crippen molar-refractivity contribution >= 4 is 23.2 Å². The minimum Gasteiger partial charge on any atom is -0.341 e. The molecule has 0 aliphatic carbocycles. The van der Waals surface area contributed by atoms with Gasteiger partial charge in [0.1, 0.15) is 0 Å². The molecule has 0 radical (unpaired) electrons. The minimum absolute atomic E-state index is 0.129. The molecule has 0 bridgehead atoms. The molecule has 2 aromatic heterocycles. The van der Waals surface area contributed by atoms with Crippen molar-refractivity contribution in [3.8, 4) is 0 Å². The molecule has 3 heterocycles. The van der Waals surface area contributed by atoms with Gasteiger partial charge in [0, 0.05) is 37.5 Å². The quantitative estimate of drug-likeness (QED) is 0.890. The van der Waals surface area contributed by atoms with Crippen LogP contribution in [-0.4, -0.2) is 63.2 Å². The third-order valence-electron chi connectivity index (χ3n) is 4.16. The molecular weight excluding hydrogens is 326 g/mol. The fourth-order valence-electron chi connectivity index (χ4n) is 2.86. The molecule has 3 rings (SSSR count). The molecule has 24 heavy (non-hydrogen) atoms. The van der Waals surface area contributed by atoms with Gasteiger partial charge in [-0.2, -0.15) is 15.4 Å². The molecule has 1 saturated heterocycles. The topological polar surface area (TPSA) is 82.2 Å². The molecule has 1 aliphatic rings. The molecule has 128 valence electrons. The summed E-state index contributed by atoms with van der Waals surface area (Å²) >= 11 is 1.73. The average molecular weight is 347 g/mol. The number of carbonyl (C=O) groups excluding carboxylic acids is 2. The summed E-state index contributed by atoms with van der Waals surface area (Å²) in [6.45, 7) is 2.48. The predicted molar refractivity (Wildman–Crippen MR) is 90.7 cm³/mol. The van der Waals surface area contributed by atoms with E-state index in [2.05, 4.69) is 26.9 Å². The minimum atomic E-state index is -0.129. The molecule has 1 fully saturated rings. The average Bonchev–Trinajstić information content (AvgIpc) is 3.24. The molecule has 0 aromatic carbocycles. The van der Waals surface area contributed by atoms with Gasteiger partial charge in [0.25, 0.3) is 5.91 Å². The molecule has 0 spiro atoms. The summed E-state index contributed by atoms with van der Waals surface area (Å²) in [5.74, 6) is 0.0537. The fraction of sp³-hybridized carbons (Fsp3) is 0.500. The van der Waals surface area contributed by atoms with Crippen molar-refractivity contribution in [1.29, 1.82) is 0 Å². The lowest BCUT2D eigenvalue weighted by molar-refractivity contribution is -0.131. The van der Waals surface area contributed by atoms with Gasteiger partial charge in [-0.1, -0.05) is 6.07 Å². The van der Waals surface area contributed by atoms with Crippen LogP contribution in [0.3, 0.4) is 0 Å². The molecule has 1 N–H and O–H groups in total. The Morgan fingerprint density at radius 3 is 2.79 bits per heavy atom. The van der Waals surface area contributed by atoms with Gasteiger partial charge >= 0.3 is 0 Å². The highest BCUT2D eigenvalue weighted by Gasteiger charge is 2.23. The number of aromatic amines is 1. The van der Waals surface area contributed by atoms with E-state index in [1.807, 2.05) is 11.0 Å². The van der Waals surface area contributed by atoms with Crippen LogP contribution in [0.4, 0.5) is 0 Å². The molecule has 8 heteroatoms. The summed E-state index contributed by atoms with van der Waals surface area (Å²) in [5.41, 5.74) is 0.325. The second kappa shape index (κ2) is 8.05. The zero-order valence-corrected chi connectivity index (χ0v) is 14.3. The maximum absolute atomic E-state index is 12.4. The summed E-state index contributed by atoms with van der Waals surface area (Å²) in [6, 6.07) is 4.14. The van der Waals surface area contributed by atoms with Gasteiger partial charge in [-0.05, 0) is 30.7 Å². The molecule has 0 atom stereocenters. The van der Waals surface area contributed by atoms with Crippen molar-refractivity contribution < 1.29 is 9.59 Å². The Morgan fingerprint density at radius 2 is 2.04 bits per heavy atom. The third-order valence-corrected chi connectivity index (χ3v) is 5.10. The van der Waals surface area contributed by atoms with E-state index in [1.54, 1.807) is 16.2 Å². The van der Waals surface area contributed by atoms with Gasteiger partial charge in [-0.25, -0.2) is 0 Å². The van der Waals surface area contributed by atoms with Crippen LogP contribution in [-0.2, 0) is 11.2 Å². The summed E-state index contributed by atoms with van der Waals surface area (Å²) in [7, 11) is 0. The van der Waals surface area contributed by atoms with Crippen LogP contribution in [0.2, 0.25) is 0 Å². The molecule has 0 saturated carbocycles. The number of carbonyl (C=O) groups is 2. The van der Waals surface area contributed by atoms with E-state index in [0.29, 0.717) is 38.3 Å². The van der Waals surface area contributed by atoms with E-state index >= 15 is 0 Å².